The number of benzene rings is 1. The van der Waals surface area contributed by atoms with Gasteiger partial charge < -0.3 is 24.5 Å². The monoisotopic (exact) mass is 450 g/mol. The van der Waals surface area contributed by atoms with Crippen molar-refractivity contribution in [2.24, 2.45) is 5.92 Å². The van der Waals surface area contributed by atoms with Gasteiger partial charge in [-0.15, -0.1) is 0 Å². The van der Waals surface area contributed by atoms with Crippen LogP contribution in [-0.2, 0) is 25.4 Å². The van der Waals surface area contributed by atoms with Gasteiger partial charge in [0.15, 0.2) is 0 Å². The molecule has 2 fully saturated rings. The molecule has 0 bridgehead atoms. The highest BCUT2D eigenvalue weighted by atomic mass is 16.6. The Morgan fingerprint density at radius 1 is 1.36 bits per heavy atom. The number of carbonyl (C=O) groups is 2. The number of hydrogen-bond donors (Lipinski definition) is 2. The van der Waals surface area contributed by atoms with Gasteiger partial charge >= 0.3 is 12.1 Å². The number of nitrogens with one attached hydrogen (secondary N) is 2. The minimum absolute atomic E-state index is 0.0557. The highest BCUT2D eigenvalue weighted by molar-refractivity contribution is 5.91. The lowest BCUT2D eigenvalue weighted by Crippen LogP contribution is -2.29. The number of hydrogen-bond acceptors (Lipinski definition) is 5. The van der Waals surface area contributed by atoms with Crippen LogP contribution in [0.1, 0.15) is 38.2 Å². The Bertz CT molecular complexity index is 1120. The number of rotatable bonds is 5. The number of para-hydroxylation sites is 1. The Hall–Kier alpha value is -3.06. The van der Waals surface area contributed by atoms with E-state index in [-0.39, 0.29) is 36.3 Å². The minimum Gasteiger partial charge on any atom is -0.455 e. The molecule has 2 N–H and O–H groups in total. The number of allylic oxidation sites excluding steroid dienone is 1. The summed E-state index contributed by atoms with van der Waals surface area (Å²) in [5.41, 5.74) is 3.56. The van der Waals surface area contributed by atoms with Gasteiger partial charge in [0.05, 0.1) is 5.60 Å². The number of esters is 1. The van der Waals surface area contributed by atoms with E-state index in [9.17, 15) is 9.59 Å². The SMILES string of the molecule is C=C1C(=O)O[C@H]2[C@H]1CC/C(COC(=O)NCCc1c[nH]c3ccccc13)=C\CC[C@@]1(C)O[C@@H]21. The van der Waals surface area contributed by atoms with Crippen LogP contribution in [0, 0.1) is 5.92 Å². The topological polar surface area (TPSA) is 92.9 Å². The zero-order chi connectivity index (χ0) is 23.0. The summed E-state index contributed by atoms with van der Waals surface area (Å²) in [6.45, 7) is 6.75. The summed E-state index contributed by atoms with van der Waals surface area (Å²) in [5.74, 6) is -0.380. The number of fused-ring (bicyclic) bond motifs is 4. The molecule has 174 valence electrons. The molecule has 3 heterocycles. The van der Waals surface area contributed by atoms with Gasteiger partial charge in [-0.3, -0.25) is 0 Å². The Kier molecular flexibility index (Phi) is 5.74. The summed E-state index contributed by atoms with van der Waals surface area (Å²) < 4.78 is 17.0. The fourth-order valence-corrected chi connectivity index (χ4v) is 5.10. The first-order valence-electron chi connectivity index (χ1n) is 11.7. The predicted molar refractivity (Wildman–Crippen MR) is 124 cm³/mol. The van der Waals surface area contributed by atoms with Crippen LogP contribution in [-0.4, -0.2) is 48.0 Å². The second-order valence-corrected chi connectivity index (χ2v) is 9.40. The smallest absolute Gasteiger partial charge is 0.407 e. The fraction of sp³-hybridized carbons (Fsp3) is 0.462. The third-order valence-electron chi connectivity index (χ3n) is 7.17. The first-order valence-corrected chi connectivity index (χ1v) is 11.7. The highest BCUT2D eigenvalue weighted by Crippen LogP contribution is 2.49. The van der Waals surface area contributed by atoms with Crippen molar-refractivity contribution in [2.75, 3.05) is 13.2 Å². The normalized spacial score (nSPS) is 30.6. The lowest BCUT2D eigenvalue weighted by atomic mass is 9.84. The first kappa shape index (κ1) is 21.8. The molecule has 1 aromatic carbocycles. The summed E-state index contributed by atoms with van der Waals surface area (Å²) in [6, 6.07) is 8.11. The molecule has 0 saturated carbocycles. The molecule has 7 nitrogen and oxygen atoms in total. The van der Waals surface area contributed by atoms with Crippen molar-refractivity contribution in [1.29, 1.82) is 0 Å². The summed E-state index contributed by atoms with van der Waals surface area (Å²) in [4.78, 5) is 27.6. The maximum absolute atomic E-state index is 12.3. The van der Waals surface area contributed by atoms with Gasteiger partial charge in [0.2, 0.25) is 0 Å². The molecule has 4 atom stereocenters. The van der Waals surface area contributed by atoms with Crippen LogP contribution in [0.25, 0.3) is 10.9 Å². The second kappa shape index (κ2) is 8.71. The van der Waals surface area contributed by atoms with Crippen molar-refractivity contribution in [3.63, 3.8) is 0 Å². The lowest BCUT2D eigenvalue weighted by molar-refractivity contribution is -0.140. The molecule has 33 heavy (non-hydrogen) atoms. The summed E-state index contributed by atoms with van der Waals surface area (Å²) in [6.07, 6.45) is 7.23. The molecular weight excluding hydrogens is 420 g/mol. The maximum atomic E-state index is 12.3. The zero-order valence-corrected chi connectivity index (χ0v) is 18.9. The number of carbonyl (C=O) groups excluding carboxylic acids is 2. The molecule has 0 unspecified atom stereocenters. The summed E-state index contributed by atoms with van der Waals surface area (Å²) in [7, 11) is 0. The molecule has 0 spiro atoms. The van der Waals surface area contributed by atoms with Gasteiger partial charge in [0.1, 0.15) is 18.8 Å². The largest absolute Gasteiger partial charge is 0.455 e. The molecule has 1 aromatic heterocycles. The predicted octanol–water partition coefficient (Wildman–Crippen LogP) is 4.19. The van der Waals surface area contributed by atoms with E-state index in [4.69, 9.17) is 14.2 Å². The molecular formula is C26H30N2O5. The van der Waals surface area contributed by atoms with Gasteiger partial charge in [-0.2, -0.15) is 0 Å². The third-order valence-corrected chi connectivity index (χ3v) is 7.17. The van der Waals surface area contributed by atoms with Gasteiger partial charge in [0, 0.05) is 35.1 Å². The second-order valence-electron chi connectivity index (χ2n) is 9.40. The number of ether oxygens (including phenoxy) is 3. The summed E-state index contributed by atoms with van der Waals surface area (Å²) in [5, 5.41) is 4.01. The van der Waals surface area contributed by atoms with Crippen LogP contribution in [0.15, 0.2) is 54.3 Å². The standard InChI is InChI=1S/C26H30N2O5/c1-16-19-10-9-17(6-5-12-26(2)23(33-26)22(19)32-24(16)29)15-31-25(30)27-13-11-18-14-28-21-8-4-3-7-20(18)21/h3-4,6-8,14,19,22-23,28H,1,5,9-13,15H2,2H3,(H,27,30)/b17-6+/t19-,22-,23-,26+/m0/s1. The number of aromatic amines is 1. The average molecular weight is 451 g/mol. The Morgan fingerprint density at radius 3 is 3.09 bits per heavy atom. The Balaban J connectivity index is 1.13. The molecule has 2 aliphatic heterocycles. The third kappa shape index (κ3) is 4.42. The molecule has 1 amide bonds. The number of alkyl carbamates (subject to hydrolysis) is 1. The number of H-pyrrole nitrogens is 1. The van der Waals surface area contributed by atoms with E-state index in [0.29, 0.717) is 12.1 Å². The van der Waals surface area contributed by atoms with Gasteiger partial charge in [0.25, 0.3) is 0 Å². The van der Waals surface area contributed by atoms with E-state index in [2.05, 4.69) is 35.9 Å². The van der Waals surface area contributed by atoms with Crippen LogP contribution >= 0.6 is 0 Å². The van der Waals surface area contributed by atoms with Crippen molar-refractivity contribution >= 4 is 23.0 Å². The van der Waals surface area contributed by atoms with Gasteiger partial charge in [-0.1, -0.05) is 30.9 Å². The van der Waals surface area contributed by atoms with Crippen LogP contribution in [0.4, 0.5) is 4.79 Å². The van der Waals surface area contributed by atoms with E-state index in [1.165, 1.54) is 5.39 Å². The highest BCUT2D eigenvalue weighted by Gasteiger charge is 2.61. The molecule has 3 aliphatic rings. The van der Waals surface area contributed by atoms with Crippen LogP contribution in [0.2, 0.25) is 0 Å². The molecule has 2 aromatic rings. The maximum Gasteiger partial charge on any atom is 0.407 e. The molecule has 7 heteroatoms. The van der Waals surface area contributed by atoms with Crippen molar-refractivity contribution in [3.8, 4) is 0 Å². The van der Waals surface area contributed by atoms with Crippen molar-refractivity contribution in [3.05, 3.63) is 59.8 Å². The molecule has 2 saturated heterocycles. The van der Waals surface area contributed by atoms with Crippen molar-refractivity contribution in [2.45, 2.75) is 56.8 Å². The fourth-order valence-electron chi connectivity index (χ4n) is 5.10. The molecule has 5 rings (SSSR count). The minimum atomic E-state index is -0.424. The van der Waals surface area contributed by atoms with E-state index in [1.54, 1.807) is 0 Å². The van der Waals surface area contributed by atoms with Crippen LogP contribution < -0.4 is 5.32 Å². The van der Waals surface area contributed by atoms with E-state index in [1.807, 2.05) is 24.4 Å². The van der Waals surface area contributed by atoms with Crippen LogP contribution in [0.5, 0.6) is 0 Å². The van der Waals surface area contributed by atoms with Crippen molar-refractivity contribution in [1.82, 2.24) is 10.3 Å². The van der Waals surface area contributed by atoms with Gasteiger partial charge in [-0.05, 0) is 56.2 Å². The van der Waals surface area contributed by atoms with Gasteiger partial charge in [-0.25, -0.2) is 9.59 Å². The Labute approximate surface area is 193 Å². The number of amides is 1. The number of epoxide rings is 1. The zero-order valence-electron chi connectivity index (χ0n) is 18.9. The summed E-state index contributed by atoms with van der Waals surface area (Å²) >= 11 is 0. The van der Waals surface area contributed by atoms with E-state index >= 15 is 0 Å². The number of aromatic nitrogens is 1. The lowest BCUT2D eigenvalue weighted by Gasteiger charge is -2.20. The van der Waals surface area contributed by atoms with Crippen LogP contribution in [0.3, 0.4) is 0 Å². The van der Waals surface area contributed by atoms with E-state index in [0.717, 1.165) is 48.8 Å². The van der Waals surface area contributed by atoms with E-state index < -0.39 is 6.09 Å². The Morgan fingerprint density at radius 2 is 2.21 bits per heavy atom. The quantitative estimate of drug-likeness (QED) is 0.308. The first-order chi connectivity index (χ1) is 15.9. The van der Waals surface area contributed by atoms with Crippen molar-refractivity contribution < 1.29 is 23.8 Å². The molecule has 1 aliphatic carbocycles. The average Bonchev–Trinajstić information content (AvgIpc) is 3.16. The molecule has 0 radical (unpaired) electrons.